The third-order valence-electron chi connectivity index (χ3n) is 4.04. The molecule has 0 saturated carbocycles. The van der Waals surface area contributed by atoms with Crippen molar-refractivity contribution < 1.29 is 4.52 Å². The standard InChI is InChI=1S/C16H21N3O/c1-3-15-16(11(2)19-20-15)14-6-4-5-13(18-14)12-7-9-17-10-8-12/h4-6,12,17H,3,7-10H2,1-2H3. The van der Waals surface area contributed by atoms with E-state index in [1.807, 2.05) is 6.92 Å². The van der Waals surface area contributed by atoms with Gasteiger partial charge in [-0.2, -0.15) is 0 Å². The first kappa shape index (κ1) is 13.3. The monoisotopic (exact) mass is 271 g/mol. The van der Waals surface area contributed by atoms with Gasteiger partial charge in [-0.25, -0.2) is 0 Å². The van der Waals surface area contributed by atoms with Gasteiger partial charge >= 0.3 is 0 Å². The van der Waals surface area contributed by atoms with E-state index in [1.54, 1.807) is 0 Å². The van der Waals surface area contributed by atoms with Gasteiger partial charge < -0.3 is 9.84 Å². The predicted octanol–water partition coefficient (Wildman–Crippen LogP) is 3.07. The molecule has 1 fully saturated rings. The summed E-state index contributed by atoms with van der Waals surface area (Å²) >= 11 is 0. The van der Waals surface area contributed by atoms with Crippen LogP contribution in [0.3, 0.4) is 0 Å². The molecular formula is C16H21N3O. The first-order valence-corrected chi connectivity index (χ1v) is 7.42. The van der Waals surface area contributed by atoms with Crippen molar-refractivity contribution in [3.05, 3.63) is 35.3 Å². The second-order valence-electron chi connectivity index (χ2n) is 5.39. The highest BCUT2D eigenvalue weighted by Crippen LogP contribution is 2.29. The summed E-state index contributed by atoms with van der Waals surface area (Å²) in [5.41, 5.74) is 4.20. The van der Waals surface area contributed by atoms with Gasteiger partial charge in [-0.05, 0) is 45.0 Å². The maximum atomic E-state index is 5.38. The molecule has 3 heterocycles. The van der Waals surface area contributed by atoms with E-state index >= 15 is 0 Å². The number of nitrogens with zero attached hydrogens (tertiary/aromatic N) is 2. The van der Waals surface area contributed by atoms with Gasteiger partial charge in [0.2, 0.25) is 0 Å². The quantitative estimate of drug-likeness (QED) is 0.932. The highest BCUT2D eigenvalue weighted by Gasteiger charge is 2.19. The molecule has 4 heteroatoms. The Balaban J connectivity index is 1.96. The molecule has 3 rings (SSSR count). The lowest BCUT2D eigenvalue weighted by Gasteiger charge is -2.22. The zero-order chi connectivity index (χ0) is 13.9. The molecule has 4 nitrogen and oxygen atoms in total. The molecular weight excluding hydrogens is 250 g/mol. The third kappa shape index (κ3) is 2.48. The van der Waals surface area contributed by atoms with Crippen molar-refractivity contribution in [2.75, 3.05) is 13.1 Å². The van der Waals surface area contributed by atoms with Gasteiger partial charge in [0.25, 0.3) is 0 Å². The molecule has 20 heavy (non-hydrogen) atoms. The Morgan fingerprint density at radius 3 is 2.85 bits per heavy atom. The van der Waals surface area contributed by atoms with Crippen LogP contribution in [0.15, 0.2) is 22.7 Å². The van der Waals surface area contributed by atoms with Crippen LogP contribution in [-0.2, 0) is 6.42 Å². The normalized spacial score (nSPS) is 16.5. The maximum absolute atomic E-state index is 5.38. The fourth-order valence-electron chi connectivity index (χ4n) is 2.92. The van der Waals surface area contributed by atoms with Crippen LogP contribution in [-0.4, -0.2) is 23.2 Å². The van der Waals surface area contributed by atoms with Crippen molar-refractivity contribution in [1.29, 1.82) is 0 Å². The van der Waals surface area contributed by atoms with Crippen LogP contribution in [0.25, 0.3) is 11.3 Å². The molecule has 0 aromatic carbocycles. The summed E-state index contributed by atoms with van der Waals surface area (Å²) in [6.07, 6.45) is 3.18. The number of aromatic nitrogens is 2. The minimum Gasteiger partial charge on any atom is -0.360 e. The first-order valence-electron chi connectivity index (χ1n) is 7.42. The van der Waals surface area contributed by atoms with Gasteiger partial charge in [0.1, 0.15) is 5.76 Å². The van der Waals surface area contributed by atoms with E-state index in [1.165, 1.54) is 18.5 Å². The van der Waals surface area contributed by atoms with E-state index in [9.17, 15) is 0 Å². The molecule has 1 aliphatic heterocycles. The van der Waals surface area contributed by atoms with E-state index in [0.29, 0.717) is 5.92 Å². The van der Waals surface area contributed by atoms with Crippen LogP contribution in [0.5, 0.6) is 0 Å². The molecule has 1 saturated heterocycles. The molecule has 0 radical (unpaired) electrons. The maximum Gasteiger partial charge on any atom is 0.146 e. The molecule has 1 aliphatic rings. The number of hydrogen-bond donors (Lipinski definition) is 1. The number of hydrogen-bond acceptors (Lipinski definition) is 4. The number of pyridine rings is 1. The van der Waals surface area contributed by atoms with E-state index < -0.39 is 0 Å². The van der Waals surface area contributed by atoms with Crippen LogP contribution < -0.4 is 5.32 Å². The van der Waals surface area contributed by atoms with Crippen molar-refractivity contribution in [2.24, 2.45) is 0 Å². The fourth-order valence-corrected chi connectivity index (χ4v) is 2.92. The Morgan fingerprint density at radius 1 is 1.30 bits per heavy atom. The smallest absolute Gasteiger partial charge is 0.146 e. The summed E-state index contributed by atoms with van der Waals surface area (Å²) in [7, 11) is 0. The van der Waals surface area contributed by atoms with E-state index in [2.05, 4.69) is 35.6 Å². The van der Waals surface area contributed by atoms with Gasteiger partial charge in [0, 0.05) is 18.0 Å². The Kier molecular flexibility index (Phi) is 3.83. The summed E-state index contributed by atoms with van der Waals surface area (Å²) in [4.78, 5) is 4.88. The third-order valence-corrected chi connectivity index (χ3v) is 4.04. The summed E-state index contributed by atoms with van der Waals surface area (Å²) < 4.78 is 5.38. The van der Waals surface area contributed by atoms with Crippen LogP contribution in [0.1, 0.15) is 42.8 Å². The predicted molar refractivity (Wildman–Crippen MR) is 78.7 cm³/mol. The topological polar surface area (TPSA) is 51.0 Å². The van der Waals surface area contributed by atoms with Crippen LogP contribution in [0.4, 0.5) is 0 Å². The van der Waals surface area contributed by atoms with Crippen LogP contribution in [0, 0.1) is 6.92 Å². The lowest BCUT2D eigenvalue weighted by atomic mass is 9.93. The highest BCUT2D eigenvalue weighted by molar-refractivity contribution is 5.64. The van der Waals surface area contributed by atoms with Gasteiger partial charge in [0.05, 0.1) is 17.0 Å². The minimum atomic E-state index is 0.571. The van der Waals surface area contributed by atoms with E-state index in [0.717, 1.165) is 42.2 Å². The van der Waals surface area contributed by atoms with E-state index in [-0.39, 0.29) is 0 Å². The molecule has 0 amide bonds. The average molecular weight is 271 g/mol. The Hall–Kier alpha value is -1.68. The zero-order valence-corrected chi connectivity index (χ0v) is 12.1. The highest BCUT2D eigenvalue weighted by atomic mass is 16.5. The molecule has 0 unspecified atom stereocenters. The lowest BCUT2D eigenvalue weighted by molar-refractivity contribution is 0.383. The van der Waals surface area contributed by atoms with Gasteiger partial charge in [-0.3, -0.25) is 4.98 Å². The van der Waals surface area contributed by atoms with Gasteiger partial charge in [-0.1, -0.05) is 18.1 Å². The molecule has 106 valence electrons. The van der Waals surface area contributed by atoms with Crippen LogP contribution in [0.2, 0.25) is 0 Å². The SMILES string of the molecule is CCc1onc(C)c1-c1cccc(C2CCNCC2)n1. The number of aryl methyl sites for hydroxylation is 2. The summed E-state index contributed by atoms with van der Waals surface area (Å²) in [6, 6.07) is 6.31. The largest absolute Gasteiger partial charge is 0.360 e. The van der Waals surface area contributed by atoms with Crippen molar-refractivity contribution in [2.45, 2.75) is 39.0 Å². The lowest BCUT2D eigenvalue weighted by Crippen LogP contribution is -2.27. The van der Waals surface area contributed by atoms with Crippen LogP contribution >= 0.6 is 0 Å². The Bertz CT molecular complexity index is 585. The van der Waals surface area contributed by atoms with Crippen molar-refractivity contribution in [3.8, 4) is 11.3 Å². The fraction of sp³-hybridized carbons (Fsp3) is 0.500. The second kappa shape index (κ2) is 5.75. The number of piperidine rings is 1. The van der Waals surface area contributed by atoms with Gasteiger partial charge in [-0.15, -0.1) is 0 Å². The minimum absolute atomic E-state index is 0.571. The molecule has 0 bridgehead atoms. The first-order chi connectivity index (χ1) is 9.79. The van der Waals surface area contributed by atoms with Crippen molar-refractivity contribution >= 4 is 0 Å². The van der Waals surface area contributed by atoms with Crippen molar-refractivity contribution in [3.63, 3.8) is 0 Å². The molecule has 0 spiro atoms. The Morgan fingerprint density at radius 2 is 2.10 bits per heavy atom. The van der Waals surface area contributed by atoms with Gasteiger partial charge in [0.15, 0.2) is 0 Å². The summed E-state index contributed by atoms with van der Waals surface area (Å²) in [5.74, 6) is 1.50. The zero-order valence-electron chi connectivity index (χ0n) is 12.1. The molecule has 2 aromatic heterocycles. The number of rotatable bonds is 3. The Labute approximate surface area is 119 Å². The molecule has 1 N–H and O–H groups in total. The van der Waals surface area contributed by atoms with E-state index in [4.69, 9.17) is 9.51 Å². The summed E-state index contributed by atoms with van der Waals surface area (Å²) in [5, 5.41) is 7.48. The number of nitrogens with one attached hydrogen (secondary N) is 1. The molecule has 2 aromatic rings. The molecule has 0 atom stereocenters. The summed E-state index contributed by atoms with van der Waals surface area (Å²) in [6.45, 7) is 6.24. The molecule has 0 aliphatic carbocycles. The second-order valence-corrected chi connectivity index (χ2v) is 5.39. The average Bonchev–Trinajstić information content (AvgIpc) is 2.89. The van der Waals surface area contributed by atoms with Crippen molar-refractivity contribution in [1.82, 2.24) is 15.5 Å².